The van der Waals surface area contributed by atoms with Crippen LogP contribution < -0.4 is 15.6 Å². The molecule has 0 saturated carbocycles. The van der Waals surface area contributed by atoms with Gasteiger partial charge in [-0.1, -0.05) is 24.3 Å². The molecule has 1 aromatic heterocycles. The second-order valence-corrected chi connectivity index (χ2v) is 9.01. The minimum atomic E-state index is -0.168. The van der Waals surface area contributed by atoms with Gasteiger partial charge in [-0.2, -0.15) is 0 Å². The minimum absolute atomic E-state index is 0.0166. The fourth-order valence-electron chi connectivity index (χ4n) is 4.77. The fraction of sp³-hybridized carbons (Fsp3) is 0.276. The molecular formula is C29H30N4O4. The fourth-order valence-corrected chi connectivity index (χ4v) is 4.77. The lowest BCUT2D eigenvalue weighted by Gasteiger charge is -2.35. The number of amides is 1. The SMILES string of the molecule is COc1ccc(C(CNC(=O)c2ccc(-n3c(C)nc4ccccc4c3=O)cc2)N2CCOCC2)cc1. The largest absolute Gasteiger partial charge is 0.497 e. The molecule has 3 aromatic carbocycles. The lowest BCUT2D eigenvalue weighted by Crippen LogP contribution is -2.43. The Morgan fingerprint density at radius 3 is 2.43 bits per heavy atom. The van der Waals surface area contributed by atoms with Crippen molar-refractivity contribution >= 4 is 16.8 Å². The number of fused-ring (bicyclic) bond motifs is 1. The molecule has 0 radical (unpaired) electrons. The molecule has 1 fully saturated rings. The number of morpholine rings is 1. The van der Waals surface area contributed by atoms with Gasteiger partial charge in [0.2, 0.25) is 0 Å². The van der Waals surface area contributed by atoms with Gasteiger partial charge in [0.15, 0.2) is 0 Å². The van der Waals surface area contributed by atoms with Gasteiger partial charge in [-0.3, -0.25) is 19.1 Å². The molecule has 5 rings (SSSR count). The van der Waals surface area contributed by atoms with Crippen molar-refractivity contribution in [1.29, 1.82) is 0 Å². The van der Waals surface area contributed by atoms with Gasteiger partial charge in [-0.15, -0.1) is 0 Å². The van der Waals surface area contributed by atoms with E-state index < -0.39 is 0 Å². The van der Waals surface area contributed by atoms with Crippen molar-refractivity contribution in [2.75, 3.05) is 40.0 Å². The van der Waals surface area contributed by atoms with Crippen LogP contribution in [-0.2, 0) is 4.74 Å². The molecule has 0 bridgehead atoms. The number of nitrogens with one attached hydrogen (secondary N) is 1. The molecule has 8 heteroatoms. The molecule has 1 aliphatic rings. The number of carbonyl (C=O) groups excluding carboxylic acids is 1. The number of rotatable bonds is 7. The summed E-state index contributed by atoms with van der Waals surface area (Å²) in [4.78, 5) is 33.1. The molecule has 8 nitrogen and oxygen atoms in total. The maximum absolute atomic E-state index is 13.1. The van der Waals surface area contributed by atoms with E-state index in [-0.39, 0.29) is 17.5 Å². The van der Waals surface area contributed by atoms with Crippen LogP contribution in [0.2, 0.25) is 0 Å². The summed E-state index contributed by atoms with van der Waals surface area (Å²) in [6, 6.07) is 22.3. The first-order valence-electron chi connectivity index (χ1n) is 12.4. The summed E-state index contributed by atoms with van der Waals surface area (Å²) < 4.78 is 12.4. The van der Waals surface area contributed by atoms with Gasteiger partial charge in [-0.25, -0.2) is 4.98 Å². The van der Waals surface area contributed by atoms with Crippen molar-refractivity contribution < 1.29 is 14.3 Å². The average Bonchev–Trinajstić information content (AvgIpc) is 2.94. The van der Waals surface area contributed by atoms with Crippen LogP contribution in [0.3, 0.4) is 0 Å². The van der Waals surface area contributed by atoms with Crippen LogP contribution in [0, 0.1) is 6.92 Å². The summed E-state index contributed by atoms with van der Waals surface area (Å²) >= 11 is 0. The first-order chi connectivity index (χ1) is 18.0. The summed E-state index contributed by atoms with van der Waals surface area (Å²) in [6.45, 7) is 5.21. The third-order valence-electron chi connectivity index (χ3n) is 6.77. The Bertz CT molecular complexity index is 1440. The number of methoxy groups -OCH3 is 1. The predicted octanol–water partition coefficient (Wildman–Crippen LogP) is 3.51. The minimum Gasteiger partial charge on any atom is -0.497 e. The quantitative estimate of drug-likeness (QED) is 0.420. The topological polar surface area (TPSA) is 85.7 Å². The summed E-state index contributed by atoms with van der Waals surface area (Å²) in [5.41, 5.74) is 2.84. The zero-order valence-corrected chi connectivity index (χ0v) is 21.0. The van der Waals surface area contributed by atoms with Crippen molar-refractivity contribution in [3.05, 3.63) is 100 Å². The van der Waals surface area contributed by atoms with E-state index in [0.29, 0.717) is 47.7 Å². The number of hydrogen-bond acceptors (Lipinski definition) is 6. The Morgan fingerprint density at radius 1 is 1.03 bits per heavy atom. The highest BCUT2D eigenvalue weighted by molar-refractivity contribution is 5.94. The Kier molecular flexibility index (Phi) is 7.30. The zero-order valence-electron chi connectivity index (χ0n) is 21.0. The highest BCUT2D eigenvalue weighted by Crippen LogP contribution is 2.24. The van der Waals surface area contributed by atoms with E-state index in [2.05, 4.69) is 15.2 Å². The molecule has 0 spiro atoms. The molecule has 1 aliphatic heterocycles. The van der Waals surface area contributed by atoms with E-state index in [1.807, 2.05) is 42.5 Å². The van der Waals surface area contributed by atoms with Crippen LogP contribution in [0.4, 0.5) is 0 Å². The molecule has 190 valence electrons. The van der Waals surface area contributed by atoms with Crippen molar-refractivity contribution in [3.8, 4) is 11.4 Å². The van der Waals surface area contributed by atoms with Crippen LogP contribution in [0.1, 0.15) is 27.8 Å². The molecular weight excluding hydrogens is 468 g/mol. The van der Waals surface area contributed by atoms with Crippen LogP contribution in [0.15, 0.2) is 77.6 Å². The van der Waals surface area contributed by atoms with Crippen molar-refractivity contribution in [2.24, 2.45) is 0 Å². The third kappa shape index (κ3) is 5.26. The monoisotopic (exact) mass is 498 g/mol. The summed E-state index contributed by atoms with van der Waals surface area (Å²) in [6.07, 6.45) is 0. The molecule has 1 saturated heterocycles. The lowest BCUT2D eigenvalue weighted by molar-refractivity contribution is 0.0162. The number of aryl methyl sites for hydroxylation is 1. The van der Waals surface area contributed by atoms with E-state index in [4.69, 9.17) is 9.47 Å². The number of carbonyl (C=O) groups is 1. The summed E-state index contributed by atoms with van der Waals surface area (Å²) in [5, 5.41) is 3.65. The van der Waals surface area contributed by atoms with E-state index in [9.17, 15) is 9.59 Å². The average molecular weight is 499 g/mol. The van der Waals surface area contributed by atoms with Gasteiger partial charge in [-0.05, 0) is 61.0 Å². The standard InChI is InChI=1S/C29H30N4O4/c1-20-31-26-6-4-3-5-25(26)29(35)33(20)23-11-7-22(8-12-23)28(34)30-19-27(32-15-17-37-18-16-32)21-9-13-24(36-2)14-10-21/h3-14,27H,15-19H2,1-2H3,(H,30,34). The molecule has 1 atom stereocenters. The summed E-state index contributed by atoms with van der Waals surface area (Å²) in [7, 11) is 1.65. The molecule has 0 aliphatic carbocycles. The second-order valence-electron chi connectivity index (χ2n) is 9.01. The normalized spacial score (nSPS) is 14.9. The maximum Gasteiger partial charge on any atom is 0.265 e. The van der Waals surface area contributed by atoms with Crippen LogP contribution >= 0.6 is 0 Å². The van der Waals surface area contributed by atoms with Crippen molar-refractivity contribution in [1.82, 2.24) is 19.8 Å². The number of para-hydroxylation sites is 1. The lowest BCUT2D eigenvalue weighted by atomic mass is 10.0. The van der Waals surface area contributed by atoms with E-state index >= 15 is 0 Å². The second kappa shape index (κ2) is 10.9. The Labute approximate surface area is 215 Å². The van der Waals surface area contributed by atoms with Crippen molar-refractivity contribution in [3.63, 3.8) is 0 Å². The van der Waals surface area contributed by atoms with E-state index in [0.717, 1.165) is 24.4 Å². The molecule has 1 N–H and O–H groups in total. The molecule has 2 heterocycles. The van der Waals surface area contributed by atoms with Gasteiger partial charge in [0, 0.05) is 25.2 Å². The molecule has 37 heavy (non-hydrogen) atoms. The van der Waals surface area contributed by atoms with Crippen LogP contribution in [0.5, 0.6) is 5.75 Å². The third-order valence-corrected chi connectivity index (χ3v) is 6.77. The van der Waals surface area contributed by atoms with Gasteiger partial charge >= 0.3 is 0 Å². The first-order valence-corrected chi connectivity index (χ1v) is 12.4. The maximum atomic E-state index is 13.1. The highest BCUT2D eigenvalue weighted by Gasteiger charge is 2.23. The van der Waals surface area contributed by atoms with Crippen LogP contribution in [0.25, 0.3) is 16.6 Å². The number of hydrogen-bond donors (Lipinski definition) is 1. The predicted molar refractivity (Wildman–Crippen MR) is 143 cm³/mol. The van der Waals surface area contributed by atoms with Gasteiger partial charge in [0.1, 0.15) is 11.6 Å². The highest BCUT2D eigenvalue weighted by atomic mass is 16.5. The Morgan fingerprint density at radius 2 is 1.73 bits per heavy atom. The number of benzene rings is 3. The number of ether oxygens (including phenoxy) is 2. The molecule has 4 aromatic rings. The smallest absolute Gasteiger partial charge is 0.265 e. The Hall–Kier alpha value is -4.01. The number of aromatic nitrogens is 2. The Balaban J connectivity index is 1.33. The van der Waals surface area contributed by atoms with Gasteiger partial charge < -0.3 is 14.8 Å². The zero-order chi connectivity index (χ0) is 25.8. The van der Waals surface area contributed by atoms with Gasteiger partial charge in [0.25, 0.3) is 11.5 Å². The van der Waals surface area contributed by atoms with Crippen molar-refractivity contribution in [2.45, 2.75) is 13.0 Å². The van der Waals surface area contributed by atoms with E-state index in [1.54, 1.807) is 48.9 Å². The number of nitrogens with zero attached hydrogens (tertiary/aromatic N) is 3. The van der Waals surface area contributed by atoms with Gasteiger partial charge in [0.05, 0.1) is 43.0 Å². The van der Waals surface area contributed by atoms with E-state index in [1.165, 1.54) is 0 Å². The first kappa shape index (κ1) is 24.7. The van der Waals surface area contributed by atoms with Crippen LogP contribution in [-0.4, -0.2) is 60.3 Å². The molecule has 1 amide bonds. The molecule has 1 unspecified atom stereocenters. The summed E-state index contributed by atoms with van der Waals surface area (Å²) in [5.74, 6) is 1.22.